The predicted molar refractivity (Wildman–Crippen MR) is 54.6 cm³/mol. The molecule has 0 bridgehead atoms. The monoisotopic (exact) mass is 248 g/mol. The SMILES string of the molecule is CCCCOc1nccc(OS(=O)(=O)O)n1. The second-order valence-electron chi connectivity index (χ2n) is 2.89. The van der Waals surface area contributed by atoms with Gasteiger partial charge in [0.2, 0.25) is 5.88 Å². The van der Waals surface area contributed by atoms with Crippen LogP contribution in [0.2, 0.25) is 0 Å². The molecule has 0 aromatic carbocycles. The van der Waals surface area contributed by atoms with E-state index in [1.807, 2.05) is 6.92 Å². The van der Waals surface area contributed by atoms with Crippen LogP contribution in [0.15, 0.2) is 12.3 Å². The second-order valence-corrected chi connectivity index (χ2v) is 3.91. The molecule has 90 valence electrons. The molecule has 0 aliphatic rings. The van der Waals surface area contributed by atoms with Crippen molar-refractivity contribution in [1.29, 1.82) is 0 Å². The average Bonchev–Trinajstić information content (AvgIpc) is 2.16. The quantitative estimate of drug-likeness (QED) is 0.588. The molecule has 0 saturated heterocycles. The highest BCUT2D eigenvalue weighted by Crippen LogP contribution is 2.11. The van der Waals surface area contributed by atoms with E-state index in [9.17, 15) is 8.42 Å². The van der Waals surface area contributed by atoms with E-state index < -0.39 is 10.4 Å². The molecular formula is C8H12N2O5S. The Labute approximate surface area is 93.4 Å². The van der Waals surface area contributed by atoms with E-state index in [0.717, 1.165) is 12.8 Å². The first-order chi connectivity index (χ1) is 7.51. The van der Waals surface area contributed by atoms with Crippen LogP contribution in [-0.4, -0.2) is 29.5 Å². The Hall–Kier alpha value is -1.41. The number of unbranched alkanes of at least 4 members (excludes halogenated alkanes) is 1. The summed E-state index contributed by atoms with van der Waals surface area (Å²) in [4.78, 5) is 7.39. The van der Waals surface area contributed by atoms with Gasteiger partial charge in [-0.15, -0.1) is 0 Å². The van der Waals surface area contributed by atoms with E-state index in [-0.39, 0.29) is 11.9 Å². The van der Waals surface area contributed by atoms with Gasteiger partial charge in [-0.05, 0) is 6.42 Å². The summed E-state index contributed by atoms with van der Waals surface area (Å²) in [6.07, 6.45) is 3.07. The summed E-state index contributed by atoms with van der Waals surface area (Å²) in [6, 6.07) is 1.20. The maximum atomic E-state index is 10.4. The summed E-state index contributed by atoms with van der Waals surface area (Å²) >= 11 is 0. The van der Waals surface area contributed by atoms with Gasteiger partial charge in [0.15, 0.2) is 0 Å². The maximum Gasteiger partial charge on any atom is 0.447 e. The number of rotatable bonds is 6. The van der Waals surface area contributed by atoms with E-state index in [1.165, 1.54) is 12.3 Å². The van der Waals surface area contributed by atoms with Gasteiger partial charge < -0.3 is 8.92 Å². The van der Waals surface area contributed by atoms with Crippen LogP contribution in [0.3, 0.4) is 0 Å². The number of aromatic nitrogens is 2. The molecule has 1 rings (SSSR count). The lowest BCUT2D eigenvalue weighted by Gasteiger charge is -2.04. The topological polar surface area (TPSA) is 98.6 Å². The molecule has 1 aromatic rings. The lowest BCUT2D eigenvalue weighted by atomic mass is 10.4. The normalized spacial score (nSPS) is 11.1. The van der Waals surface area contributed by atoms with E-state index in [0.29, 0.717) is 6.61 Å². The molecule has 0 amide bonds. The van der Waals surface area contributed by atoms with Crippen LogP contribution in [0.5, 0.6) is 11.9 Å². The molecule has 0 unspecified atom stereocenters. The zero-order valence-electron chi connectivity index (χ0n) is 8.66. The van der Waals surface area contributed by atoms with Gasteiger partial charge in [-0.3, -0.25) is 4.55 Å². The van der Waals surface area contributed by atoms with Gasteiger partial charge in [0.25, 0.3) is 0 Å². The molecule has 1 heterocycles. The number of nitrogens with zero attached hydrogens (tertiary/aromatic N) is 2. The molecule has 0 aliphatic heterocycles. The van der Waals surface area contributed by atoms with Crippen LogP contribution in [0, 0.1) is 0 Å². The number of hydrogen-bond acceptors (Lipinski definition) is 6. The van der Waals surface area contributed by atoms with Gasteiger partial charge in [-0.1, -0.05) is 13.3 Å². The van der Waals surface area contributed by atoms with E-state index in [1.54, 1.807) is 0 Å². The van der Waals surface area contributed by atoms with Crippen LogP contribution in [-0.2, 0) is 10.4 Å². The zero-order valence-corrected chi connectivity index (χ0v) is 9.48. The summed E-state index contributed by atoms with van der Waals surface area (Å²) in [5.41, 5.74) is 0. The van der Waals surface area contributed by atoms with Gasteiger partial charge >= 0.3 is 16.4 Å². The van der Waals surface area contributed by atoms with Gasteiger partial charge in [-0.25, -0.2) is 4.98 Å². The summed E-state index contributed by atoms with van der Waals surface area (Å²) in [6.45, 7) is 2.44. The molecule has 7 nitrogen and oxygen atoms in total. The Morgan fingerprint density at radius 3 is 2.88 bits per heavy atom. The molecule has 0 fully saturated rings. The largest absolute Gasteiger partial charge is 0.463 e. The third-order valence-corrected chi connectivity index (χ3v) is 1.91. The summed E-state index contributed by atoms with van der Waals surface area (Å²) < 4.78 is 38.5. The fraction of sp³-hybridized carbons (Fsp3) is 0.500. The molecule has 0 radical (unpaired) electrons. The summed E-state index contributed by atoms with van der Waals surface area (Å²) in [7, 11) is -4.56. The van der Waals surface area contributed by atoms with E-state index in [2.05, 4.69) is 14.2 Å². The highest BCUT2D eigenvalue weighted by Gasteiger charge is 2.09. The lowest BCUT2D eigenvalue weighted by Crippen LogP contribution is -2.09. The number of ether oxygens (including phenoxy) is 1. The highest BCUT2D eigenvalue weighted by molar-refractivity contribution is 7.81. The van der Waals surface area contributed by atoms with Gasteiger partial charge in [0.05, 0.1) is 6.61 Å². The Morgan fingerprint density at radius 1 is 1.50 bits per heavy atom. The van der Waals surface area contributed by atoms with Gasteiger partial charge in [0, 0.05) is 12.3 Å². The minimum Gasteiger partial charge on any atom is -0.463 e. The van der Waals surface area contributed by atoms with Crippen molar-refractivity contribution in [2.75, 3.05) is 6.61 Å². The van der Waals surface area contributed by atoms with Crippen LogP contribution in [0.1, 0.15) is 19.8 Å². The van der Waals surface area contributed by atoms with Crippen molar-refractivity contribution >= 4 is 10.4 Å². The second kappa shape index (κ2) is 5.61. The Bertz CT molecular complexity index is 434. The predicted octanol–water partition coefficient (Wildman–Crippen LogP) is 0.837. The van der Waals surface area contributed by atoms with E-state index >= 15 is 0 Å². The molecule has 0 saturated carbocycles. The van der Waals surface area contributed by atoms with Crippen LogP contribution < -0.4 is 8.92 Å². The van der Waals surface area contributed by atoms with Crippen molar-refractivity contribution in [2.24, 2.45) is 0 Å². The van der Waals surface area contributed by atoms with Crippen molar-refractivity contribution in [3.8, 4) is 11.9 Å². The van der Waals surface area contributed by atoms with E-state index in [4.69, 9.17) is 9.29 Å². The number of hydrogen-bond donors (Lipinski definition) is 1. The Morgan fingerprint density at radius 2 is 2.25 bits per heavy atom. The molecule has 1 aromatic heterocycles. The van der Waals surface area contributed by atoms with Gasteiger partial charge in [0.1, 0.15) is 0 Å². The highest BCUT2D eigenvalue weighted by atomic mass is 32.3. The molecule has 8 heteroatoms. The average molecular weight is 248 g/mol. The van der Waals surface area contributed by atoms with Crippen molar-refractivity contribution in [3.05, 3.63) is 12.3 Å². The lowest BCUT2D eigenvalue weighted by molar-refractivity contribution is 0.281. The van der Waals surface area contributed by atoms with Crippen molar-refractivity contribution in [2.45, 2.75) is 19.8 Å². The van der Waals surface area contributed by atoms with Crippen molar-refractivity contribution in [1.82, 2.24) is 9.97 Å². The third kappa shape index (κ3) is 4.89. The van der Waals surface area contributed by atoms with Crippen LogP contribution in [0.4, 0.5) is 0 Å². The fourth-order valence-corrected chi connectivity index (χ4v) is 1.17. The summed E-state index contributed by atoms with van der Waals surface area (Å²) in [5, 5.41) is 0. The minimum absolute atomic E-state index is 0.00889. The Balaban J connectivity index is 2.64. The molecule has 0 spiro atoms. The first-order valence-corrected chi connectivity index (χ1v) is 6.00. The van der Waals surface area contributed by atoms with Crippen LogP contribution >= 0.6 is 0 Å². The fourth-order valence-electron chi connectivity index (χ4n) is 0.857. The smallest absolute Gasteiger partial charge is 0.447 e. The molecule has 16 heavy (non-hydrogen) atoms. The van der Waals surface area contributed by atoms with Gasteiger partial charge in [-0.2, -0.15) is 13.4 Å². The zero-order chi connectivity index (χ0) is 12.0. The van der Waals surface area contributed by atoms with Crippen molar-refractivity contribution < 1.29 is 21.9 Å². The molecule has 0 aliphatic carbocycles. The standard InChI is InChI=1S/C8H12N2O5S/c1-2-3-6-14-8-9-5-4-7(10-8)15-16(11,12)13/h4-5H,2-3,6H2,1H3,(H,11,12,13). The van der Waals surface area contributed by atoms with Crippen molar-refractivity contribution in [3.63, 3.8) is 0 Å². The molecule has 1 N–H and O–H groups in total. The Kier molecular flexibility index (Phi) is 4.44. The minimum atomic E-state index is -4.56. The molecule has 0 atom stereocenters. The summed E-state index contributed by atoms with van der Waals surface area (Å²) in [5.74, 6) is -0.288. The third-order valence-electron chi connectivity index (χ3n) is 1.53. The first-order valence-electron chi connectivity index (χ1n) is 4.64. The van der Waals surface area contributed by atoms with Crippen LogP contribution in [0.25, 0.3) is 0 Å². The first kappa shape index (κ1) is 12.7. The maximum absolute atomic E-state index is 10.4. The molecular weight excluding hydrogens is 236 g/mol.